The molecule has 0 aliphatic carbocycles. The second-order valence-corrected chi connectivity index (χ2v) is 12.9. The van der Waals surface area contributed by atoms with Crippen molar-refractivity contribution in [2.45, 2.75) is 6.54 Å². The molecule has 11 aromatic rings. The molecule has 2 nitrogen and oxygen atoms in total. The summed E-state index contributed by atoms with van der Waals surface area (Å²) in [6.45, 7) is -1.04. The summed E-state index contributed by atoms with van der Waals surface area (Å²) in [5.41, 5.74) is -15.4. The molecule has 0 saturated heterocycles. The first-order chi connectivity index (χ1) is 48.7. The van der Waals surface area contributed by atoms with Gasteiger partial charge in [-0.2, -0.15) is 0 Å². The first-order valence-electron chi connectivity index (χ1n) is 39.3. The Labute approximate surface area is 428 Å². The molecule has 0 spiro atoms. The topological polar surface area (TPSA) is 8.17 Å². The molecule has 10 aromatic carbocycles. The van der Waals surface area contributed by atoms with Gasteiger partial charge in [0.25, 0.3) is 0 Å². The lowest BCUT2D eigenvalue weighted by Crippen LogP contribution is -2.09. The van der Waals surface area contributed by atoms with Gasteiger partial charge in [0.2, 0.25) is 0 Å². The van der Waals surface area contributed by atoms with Gasteiger partial charge in [-0.25, -0.2) is 0 Å². The highest BCUT2D eigenvalue weighted by molar-refractivity contribution is 6.09. The normalized spacial score (nSPS) is 20.6. The Morgan fingerprint density at radius 3 is 1.19 bits per heavy atom. The fourth-order valence-electron chi connectivity index (χ4n) is 6.29. The number of hydrogen-bond acceptors (Lipinski definition) is 1. The van der Waals surface area contributed by atoms with Gasteiger partial charge in [-0.15, -0.1) is 0 Å². The second kappa shape index (κ2) is 16.7. The molecule has 0 N–H and O–H groups in total. The van der Waals surface area contributed by atoms with Crippen molar-refractivity contribution < 1.29 is 57.6 Å². The van der Waals surface area contributed by atoms with Gasteiger partial charge in [0, 0.05) is 45.4 Å². The minimum absolute atomic E-state index is 0.178. The Hall–Kier alpha value is -8.20. The third-order valence-corrected chi connectivity index (χ3v) is 9.12. The van der Waals surface area contributed by atoms with Crippen LogP contribution in [-0.2, 0) is 6.54 Å². The molecule has 0 bridgehead atoms. The molecular weight excluding hydrogens is 761 g/mol. The van der Waals surface area contributed by atoms with E-state index in [4.69, 9.17) is 31.5 Å². The third kappa shape index (κ3) is 7.60. The summed E-state index contributed by atoms with van der Waals surface area (Å²) >= 11 is 0. The van der Waals surface area contributed by atoms with Crippen molar-refractivity contribution in [1.29, 1.82) is 0 Å². The van der Waals surface area contributed by atoms with E-state index in [-0.39, 0.29) is 4.90 Å². The summed E-state index contributed by atoms with van der Waals surface area (Å²) in [4.78, 5) is 0.178. The lowest BCUT2D eigenvalue weighted by atomic mass is 9.98. The average Bonchev–Trinajstić information content (AvgIpc) is 1.58. The van der Waals surface area contributed by atoms with Crippen molar-refractivity contribution in [3.8, 4) is 55.6 Å². The number of fused-ring (bicyclic) bond motifs is 3. The zero-order chi connectivity index (χ0) is 78.5. The Balaban J connectivity index is 1.24. The van der Waals surface area contributed by atoms with E-state index in [2.05, 4.69) is 0 Å². The zero-order valence-electron chi connectivity index (χ0n) is 73.6. The highest BCUT2D eigenvalue weighted by Crippen LogP contribution is 2.39. The molecule has 0 aliphatic heterocycles. The van der Waals surface area contributed by atoms with E-state index in [1.807, 2.05) is 0 Å². The number of nitrogens with zero attached hydrogens (tertiary/aromatic N) is 2. The van der Waals surface area contributed by atoms with Crippen molar-refractivity contribution >= 4 is 38.9 Å². The molecule has 0 atom stereocenters. The first kappa shape index (κ1) is 13.9. The molecular formula is C61H44N2. The minimum Gasteiger partial charge on any atom is -0.336 e. The van der Waals surface area contributed by atoms with Crippen LogP contribution in [0, 0.1) is 0 Å². The molecule has 0 aliphatic rings. The van der Waals surface area contributed by atoms with Gasteiger partial charge in [-0.1, -0.05) is 187 Å². The second-order valence-electron chi connectivity index (χ2n) is 12.9. The van der Waals surface area contributed by atoms with Crippen LogP contribution in [0.2, 0.25) is 0 Å². The van der Waals surface area contributed by atoms with Crippen LogP contribution >= 0.6 is 0 Å². The summed E-state index contributed by atoms with van der Waals surface area (Å²) in [5.74, 6) is 0. The summed E-state index contributed by atoms with van der Waals surface area (Å²) in [6.07, 6.45) is 0. The van der Waals surface area contributed by atoms with E-state index in [0.29, 0.717) is 0 Å². The molecule has 1 aromatic heterocycles. The Morgan fingerprint density at radius 1 is 0.286 bits per heavy atom. The average molecular weight is 847 g/mol. The van der Waals surface area contributed by atoms with E-state index >= 15 is 0 Å². The zero-order valence-corrected chi connectivity index (χ0v) is 31.6. The first-order valence-corrected chi connectivity index (χ1v) is 18.3. The van der Waals surface area contributed by atoms with Gasteiger partial charge < -0.3 is 9.47 Å². The summed E-state index contributed by atoms with van der Waals surface area (Å²) in [6, 6.07) is -46.8. The van der Waals surface area contributed by atoms with Gasteiger partial charge in [-0.3, -0.25) is 0 Å². The quantitative estimate of drug-likeness (QED) is 0.133. The Kier molecular flexibility index (Phi) is 3.68. The highest BCUT2D eigenvalue weighted by Gasteiger charge is 2.16. The predicted octanol–water partition coefficient (Wildman–Crippen LogP) is 16.6. The lowest BCUT2D eigenvalue weighted by molar-refractivity contribution is 0.869. The van der Waals surface area contributed by atoms with Crippen molar-refractivity contribution in [2.24, 2.45) is 0 Å². The van der Waals surface area contributed by atoms with Gasteiger partial charge in [0.15, 0.2) is 0 Å². The molecule has 0 unspecified atom stereocenters. The Morgan fingerprint density at radius 2 is 0.651 bits per heavy atom. The molecule has 2 heteroatoms. The number of benzene rings is 10. The van der Waals surface area contributed by atoms with Crippen molar-refractivity contribution in [3.05, 3.63) is 259 Å². The highest BCUT2D eigenvalue weighted by atomic mass is 15.1. The van der Waals surface area contributed by atoms with Crippen LogP contribution in [0.1, 0.15) is 63.1 Å². The van der Waals surface area contributed by atoms with Crippen LogP contribution in [0.25, 0.3) is 77.4 Å². The summed E-state index contributed by atoms with van der Waals surface area (Å²) < 4.78 is 380. The van der Waals surface area contributed by atoms with Crippen LogP contribution in [-0.4, -0.2) is 4.57 Å². The number of para-hydroxylation sites is 1. The van der Waals surface area contributed by atoms with E-state index < -0.39 is 360 Å². The van der Waals surface area contributed by atoms with E-state index in [9.17, 15) is 26.0 Å². The molecule has 63 heavy (non-hydrogen) atoms. The van der Waals surface area contributed by atoms with Gasteiger partial charge in [-0.05, 0) is 128 Å². The van der Waals surface area contributed by atoms with Crippen molar-refractivity contribution in [1.82, 2.24) is 4.57 Å². The largest absolute Gasteiger partial charge is 0.336 e. The molecule has 0 radical (unpaired) electrons. The van der Waals surface area contributed by atoms with Crippen LogP contribution < -0.4 is 4.90 Å². The van der Waals surface area contributed by atoms with E-state index in [0.717, 1.165) is 4.57 Å². The monoisotopic (exact) mass is 847 g/mol. The summed E-state index contributed by atoms with van der Waals surface area (Å²) in [5, 5.41) is -1.37. The molecule has 11 rings (SSSR count). The molecule has 0 fully saturated rings. The van der Waals surface area contributed by atoms with Crippen LogP contribution in [0.3, 0.4) is 0 Å². The number of rotatable bonds is 10. The SMILES string of the molecule is [2H]c1c([2H])c([2H])c(-c2c([2H])c([2H])c(N(c3c([2H])c([2H])c(-c4c([2H])c([2H])c([2H])c(-c5c([2H])c([2H])c([2H])c([2H])c5[2H])c4[2H])c([2H])c3[2H])c3c([2H])c([2H])c(-c4c([2H])c([2H])c5c(c4[2H])c4c([2H])c([2H])c([2H])c([2H])c4n5Cc4c([2H])c([2H])c([2H])c(-c5c([2H])c([2H])c([2H])c([2H])c5[2H])c4[2H])c([2H])c3[2H])c([2H])c2[2H])c([2H])c1[2H]. The fourth-order valence-corrected chi connectivity index (χ4v) is 6.29. The predicted molar refractivity (Wildman–Crippen MR) is 267 cm³/mol. The fraction of sp³-hybridized carbons (Fsp3) is 0.0164. The van der Waals surface area contributed by atoms with Gasteiger partial charge in [0.1, 0.15) is 0 Å². The van der Waals surface area contributed by atoms with Crippen LogP contribution in [0.5, 0.6) is 0 Å². The van der Waals surface area contributed by atoms with Crippen molar-refractivity contribution in [2.75, 3.05) is 4.90 Å². The standard InChI is InChI=1S/C61H44N2/c1-4-15-45(16-5-1)48-26-33-55(34-27-48)63(56-35-28-49(29-36-56)53-23-13-22-52(41-53)47-19-8-3-9-20-47)57-37-30-50(31-38-57)54-32-39-61-59(42-54)58-24-10-11-25-60(58)62(61)43-44-14-12-21-51(40-44)46-17-6-2-7-18-46/h1-42H,43H2/i1D,2D,3D,4D,5D,6D,7D,8D,9D,10D,11D,12D,13D,14D,15D,16D,17D,18D,19D,20D,21D,22D,23D,24D,25D,26D,27D,28D,29D,30D,31D,32D,33D,34D,35D,36D,37D,38D,39D,40D,41D,42D. The maximum Gasteiger partial charge on any atom is 0.0645 e. The summed E-state index contributed by atoms with van der Waals surface area (Å²) in [7, 11) is 0. The number of hydrogen-bond donors (Lipinski definition) is 0. The van der Waals surface area contributed by atoms with Crippen LogP contribution in [0.4, 0.5) is 17.1 Å². The molecule has 298 valence electrons. The lowest BCUT2D eigenvalue weighted by Gasteiger charge is -2.26. The Bertz CT molecular complexity index is 5680. The maximum absolute atomic E-state index is 9.92. The third-order valence-electron chi connectivity index (χ3n) is 9.12. The minimum atomic E-state index is -1.45. The molecule has 0 saturated carbocycles. The number of anilines is 3. The van der Waals surface area contributed by atoms with Crippen LogP contribution in [0.15, 0.2) is 254 Å². The number of aromatic nitrogens is 1. The van der Waals surface area contributed by atoms with Gasteiger partial charge >= 0.3 is 0 Å². The van der Waals surface area contributed by atoms with E-state index in [1.165, 1.54) is 0 Å². The smallest absolute Gasteiger partial charge is 0.0645 e. The van der Waals surface area contributed by atoms with E-state index in [1.54, 1.807) is 0 Å². The molecule has 1 heterocycles. The van der Waals surface area contributed by atoms with Gasteiger partial charge in [0.05, 0.1) is 57.6 Å². The van der Waals surface area contributed by atoms with Crippen molar-refractivity contribution in [3.63, 3.8) is 0 Å². The molecule has 0 amide bonds. The maximum atomic E-state index is 9.92.